The molecule has 0 bridgehead atoms. The van der Waals surface area contributed by atoms with Gasteiger partial charge >= 0.3 is 0 Å². The lowest BCUT2D eigenvalue weighted by Gasteiger charge is -2.27. The molecule has 0 amide bonds. The second kappa shape index (κ2) is 6.03. The highest BCUT2D eigenvalue weighted by atomic mass is 32.2. The van der Waals surface area contributed by atoms with Crippen LogP contribution < -0.4 is 5.32 Å². The molecule has 0 radical (unpaired) electrons. The average molecular weight is 283 g/mol. The number of methoxy groups -OCH3 is 1. The molecule has 1 aromatic rings. The van der Waals surface area contributed by atoms with E-state index in [2.05, 4.69) is 12.2 Å². The fourth-order valence-electron chi connectivity index (χ4n) is 2.49. The van der Waals surface area contributed by atoms with Gasteiger partial charge in [0.1, 0.15) is 0 Å². The molecule has 1 heterocycles. The molecule has 19 heavy (non-hydrogen) atoms. The quantitative estimate of drug-likeness (QED) is 0.895. The fourth-order valence-corrected chi connectivity index (χ4v) is 4.11. The molecule has 0 fully saturated rings. The zero-order valence-corrected chi connectivity index (χ0v) is 12.2. The van der Waals surface area contributed by atoms with Gasteiger partial charge in [-0.05, 0) is 24.0 Å². The van der Waals surface area contributed by atoms with Crippen LogP contribution in [0.2, 0.25) is 0 Å². The first kappa shape index (κ1) is 14.5. The Morgan fingerprint density at radius 3 is 2.89 bits per heavy atom. The van der Waals surface area contributed by atoms with Gasteiger partial charge in [0.2, 0.25) is 0 Å². The number of hydrogen-bond acceptors (Lipinski definition) is 4. The smallest absolute Gasteiger partial charge is 0.178 e. The van der Waals surface area contributed by atoms with Crippen molar-refractivity contribution in [2.75, 3.05) is 26.0 Å². The molecule has 2 rings (SSSR count). The molecule has 2 atom stereocenters. The summed E-state index contributed by atoms with van der Waals surface area (Å²) in [5.41, 5.74) is 0.901. The van der Waals surface area contributed by atoms with E-state index in [0.29, 0.717) is 23.8 Å². The standard InChI is InChI=1S/C14H21NO3S/c1-11(10-18-2)9-15-13-7-8-19(16,17)14-6-4-3-5-12(13)14/h3-6,11,13,15H,7-10H2,1-2H3. The first-order valence-electron chi connectivity index (χ1n) is 6.58. The van der Waals surface area contributed by atoms with Gasteiger partial charge in [0, 0.05) is 26.3 Å². The Labute approximate surface area is 115 Å². The molecule has 0 aromatic heterocycles. The van der Waals surface area contributed by atoms with Crippen LogP contribution in [0, 0.1) is 5.92 Å². The Bertz CT molecular complexity index is 527. The van der Waals surface area contributed by atoms with E-state index in [0.717, 1.165) is 12.1 Å². The van der Waals surface area contributed by atoms with E-state index in [-0.39, 0.29) is 11.8 Å². The van der Waals surface area contributed by atoms with Crippen LogP contribution in [0.5, 0.6) is 0 Å². The SMILES string of the molecule is COCC(C)CNC1CCS(=O)(=O)c2ccccc21. The van der Waals surface area contributed by atoms with Gasteiger partial charge in [0.15, 0.2) is 9.84 Å². The molecule has 0 saturated heterocycles. The molecule has 1 N–H and O–H groups in total. The zero-order valence-electron chi connectivity index (χ0n) is 11.4. The second-order valence-electron chi connectivity index (χ2n) is 5.17. The number of rotatable bonds is 5. The minimum atomic E-state index is -3.09. The van der Waals surface area contributed by atoms with Gasteiger partial charge in [-0.3, -0.25) is 0 Å². The maximum Gasteiger partial charge on any atom is 0.178 e. The van der Waals surface area contributed by atoms with Crippen molar-refractivity contribution in [2.24, 2.45) is 5.92 Å². The Balaban J connectivity index is 2.12. The van der Waals surface area contributed by atoms with E-state index in [9.17, 15) is 8.42 Å². The summed E-state index contributed by atoms with van der Waals surface area (Å²) >= 11 is 0. The van der Waals surface area contributed by atoms with Gasteiger partial charge in [-0.2, -0.15) is 0 Å². The highest BCUT2D eigenvalue weighted by Gasteiger charge is 2.29. The Morgan fingerprint density at radius 1 is 1.42 bits per heavy atom. The maximum atomic E-state index is 12.0. The molecular weight excluding hydrogens is 262 g/mol. The first-order chi connectivity index (χ1) is 9.04. The van der Waals surface area contributed by atoms with Crippen molar-refractivity contribution < 1.29 is 13.2 Å². The fraction of sp³-hybridized carbons (Fsp3) is 0.571. The minimum absolute atomic E-state index is 0.124. The predicted molar refractivity (Wildman–Crippen MR) is 74.9 cm³/mol. The molecule has 106 valence electrons. The lowest BCUT2D eigenvalue weighted by molar-refractivity contribution is 0.156. The second-order valence-corrected chi connectivity index (χ2v) is 7.24. The highest BCUT2D eigenvalue weighted by molar-refractivity contribution is 7.91. The molecular formula is C14H21NO3S. The lowest BCUT2D eigenvalue weighted by atomic mass is 10.0. The molecule has 0 aliphatic carbocycles. The van der Waals surface area contributed by atoms with E-state index >= 15 is 0 Å². The monoisotopic (exact) mass is 283 g/mol. The molecule has 0 spiro atoms. The van der Waals surface area contributed by atoms with Crippen LogP contribution in [0.4, 0.5) is 0 Å². The molecule has 1 aromatic carbocycles. The van der Waals surface area contributed by atoms with Crippen molar-refractivity contribution in [3.8, 4) is 0 Å². The third-order valence-electron chi connectivity index (χ3n) is 3.47. The number of ether oxygens (including phenoxy) is 1. The van der Waals surface area contributed by atoms with Crippen LogP contribution in [0.25, 0.3) is 0 Å². The van der Waals surface area contributed by atoms with Crippen molar-refractivity contribution in [1.29, 1.82) is 0 Å². The van der Waals surface area contributed by atoms with Crippen LogP contribution in [0.15, 0.2) is 29.2 Å². The summed E-state index contributed by atoms with van der Waals surface area (Å²) in [5.74, 6) is 0.635. The van der Waals surface area contributed by atoms with Crippen molar-refractivity contribution >= 4 is 9.84 Å². The Kier molecular flexibility index (Phi) is 4.60. The van der Waals surface area contributed by atoms with Crippen LogP contribution in [0.1, 0.15) is 24.9 Å². The number of fused-ring (bicyclic) bond motifs is 1. The molecule has 1 aliphatic heterocycles. The summed E-state index contributed by atoms with van der Waals surface area (Å²) < 4.78 is 29.1. The largest absolute Gasteiger partial charge is 0.384 e. The third-order valence-corrected chi connectivity index (χ3v) is 5.28. The summed E-state index contributed by atoms with van der Waals surface area (Å²) in [7, 11) is -1.40. The maximum absolute atomic E-state index is 12.0. The summed E-state index contributed by atoms with van der Waals surface area (Å²) in [6.07, 6.45) is 0.638. The van der Waals surface area contributed by atoms with Crippen molar-refractivity contribution in [2.45, 2.75) is 24.3 Å². The summed E-state index contributed by atoms with van der Waals surface area (Å²) in [4.78, 5) is 0.484. The van der Waals surface area contributed by atoms with Crippen LogP contribution in [-0.4, -0.2) is 34.4 Å². The van der Waals surface area contributed by atoms with Crippen molar-refractivity contribution in [3.05, 3.63) is 29.8 Å². The van der Waals surface area contributed by atoms with E-state index in [1.54, 1.807) is 19.2 Å². The number of nitrogens with one attached hydrogen (secondary N) is 1. The van der Waals surface area contributed by atoms with Crippen molar-refractivity contribution in [3.63, 3.8) is 0 Å². The number of hydrogen-bond donors (Lipinski definition) is 1. The third kappa shape index (κ3) is 3.35. The molecule has 4 nitrogen and oxygen atoms in total. The van der Waals surface area contributed by atoms with Crippen LogP contribution in [0.3, 0.4) is 0 Å². The van der Waals surface area contributed by atoms with E-state index in [1.165, 1.54) is 0 Å². The summed E-state index contributed by atoms with van der Waals surface area (Å²) in [6, 6.07) is 7.42. The molecule has 1 aliphatic rings. The minimum Gasteiger partial charge on any atom is -0.384 e. The summed E-state index contributed by atoms with van der Waals surface area (Å²) in [6.45, 7) is 3.65. The van der Waals surface area contributed by atoms with Crippen LogP contribution in [-0.2, 0) is 14.6 Å². The van der Waals surface area contributed by atoms with Gasteiger partial charge in [-0.25, -0.2) is 8.42 Å². The zero-order chi connectivity index (χ0) is 13.9. The van der Waals surface area contributed by atoms with Gasteiger partial charge in [-0.15, -0.1) is 0 Å². The number of benzene rings is 1. The lowest BCUT2D eigenvalue weighted by Crippen LogP contribution is -2.33. The normalized spacial score (nSPS) is 22.7. The van der Waals surface area contributed by atoms with Crippen LogP contribution >= 0.6 is 0 Å². The van der Waals surface area contributed by atoms with Gasteiger partial charge in [0.25, 0.3) is 0 Å². The molecule has 0 saturated carbocycles. The van der Waals surface area contributed by atoms with Gasteiger partial charge in [-0.1, -0.05) is 25.1 Å². The number of sulfone groups is 1. The van der Waals surface area contributed by atoms with E-state index in [1.807, 2.05) is 12.1 Å². The molecule has 5 heteroatoms. The van der Waals surface area contributed by atoms with Gasteiger partial charge < -0.3 is 10.1 Å². The van der Waals surface area contributed by atoms with E-state index in [4.69, 9.17) is 4.74 Å². The molecule has 2 unspecified atom stereocenters. The van der Waals surface area contributed by atoms with Gasteiger partial charge in [0.05, 0.1) is 10.6 Å². The topological polar surface area (TPSA) is 55.4 Å². The van der Waals surface area contributed by atoms with E-state index < -0.39 is 9.84 Å². The Hall–Kier alpha value is -0.910. The predicted octanol–water partition coefficient (Wildman–Crippen LogP) is 1.78. The Morgan fingerprint density at radius 2 is 2.16 bits per heavy atom. The average Bonchev–Trinajstić information content (AvgIpc) is 2.38. The first-order valence-corrected chi connectivity index (χ1v) is 8.24. The highest BCUT2D eigenvalue weighted by Crippen LogP contribution is 2.31. The van der Waals surface area contributed by atoms with Crippen molar-refractivity contribution in [1.82, 2.24) is 5.32 Å². The summed E-state index contributed by atoms with van der Waals surface area (Å²) in [5, 5.41) is 3.46.